The minimum absolute atomic E-state index is 0.0165. The van der Waals surface area contributed by atoms with Crippen LogP contribution in [-0.2, 0) is 6.61 Å². The number of hydrogen-bond acceptors (Lipinski definition) is 7. The van der Waals surface area contributed by atoms with E-state index >= 15 is 0 Å². The van der Waals surface area contributed by atoms with Crippen LogP contribution < -0.4 is 10.1 Å². The molecule has 1 aliphatic heterocycles. The van der Waals surface area contributed by atoms with E-state index in [0.29, 0.717) is 80.3 Å². The Morgan fingerprint density at radius 1 is 1.13 bits per heavy atom. The molecule has 0 spiro atoms. The third kappa shape index (κ3) is 6.20. The smallest absolute Gasteiger partial charge is 0.182 e. The second-order valence-corrected chi connectivity index (χ2v) is 9.97. The van der Waals surface area contributed by atoms with E-state index in [0.717, 1.165) is 11.5 Å². The lowest BCUT2D eigenvalue weighted by Crippen LogP contribution is -2.43. The van der Waals surface area contributed by atoms with Crippen molar-refractivity contribution in [1.29, 1.82) is 0 Å². The molecule has 2 heterocycles. The summed E-state index contributed by atoms with van der Waals surface area (Å²) in [5, 5.41) is 34.8. The van der Waals surface area contributed by atoms with Gasteiger partial charge in [0.2, 0.25) is 0 Å². The molecule has 1 aromatic heterocycles. The number of fused-ring (bicyclic) bond motifs is 1. The van der Waals surface area contributed by atoms with Crippen LogP contribution in [0.2, 0.25) is 0 Å². The number of anilines is 1. The fraction of sp³-hybridized carbons (Fsp3) is 0.464. The Balaban J connectivity index is 1.35. The van der Waals surface area contributed by atoms with Gasteiger partial charge in [0, 0.05) is 49.0 Å². The van der Waals surface area contributed by atoms with Crippen LogP contribution in [0.15, 0.2) is 36.5 Å². The maximum absolute atomic E-state index is 13.8. The van der Waals surface area contributed by atoms with Gasteiger partial charge in [-0.25, -0.2) is 13.2 Å². The fourth-order valence-corrected chi connectivity index (χ4v) is 5.24. The number of rotatable bonds is 11. The van der Waals surface area contributed by atoms with Gasteiger partial charge in [0.1, 0.15) is 11.6 Å². The van der Waals surface area contributed by atoms with Gasteiger partial charge in [-0.05, 0) is 68.0 Å². The quantitative estimate of drug-likeness (QED) is 0.275. The van der Waals surface area contributed by atoms with Crippen molar-refractivity contribution < 1.29 is 33.2 Å². The number of aliphatic hydroxyl groups excluding tert-OH is 3. The van der Waals surface area contributed by atoms with E-state index in [1.165, 1.54) is 0 Å². The second-order valence-electron chi connectivity index (χ2n) is 9.97. The van der Waals surface area contributed by atoms with Crippen molar-refractivity contribution >= 4 is 16.6 Å². The predicted molar refractivity (Wildman–Crippen MR) is 138 cm³/mol. The van der Waals surface area contributed by atoms with Gasteiger partial charge in [0.05, 0.1) is 31.0 Å². The van der Waals surface area contributed by atoms with E-state index in [-0.39, 0.29) is 24.3 Å². The summed E-state index contributed by atoms with van der Waals surface area (Å²) in [5.41, 5.74) is 1.29. The number of aromatic nitrogens is 1. The third-order valence-corrected chi connectivity index (χ3v) is 7.64. The molecule has 0 aliphatic carbocycles. The lowest BCUT2D eigenvalue weighted by atomic mass is 9.74. The van der Waals surface area contributed by atoms with Crippen LogP contribution in [0.25, 0.3) is 10.9 Å². The zero-order valence-electron chi connectivity index (χ0n) is 21.4. The number of nitrogens with one attached hydrogen (secondary N) is 1. The molecule has 2 aromatic carbocycles. The highest BCUT2D eigenvalue weighted by Gasteiger charge is 2.34. The zero-order chi connectivity index (χ0) is 27.3. The summed E-state index contributed by atoms with van der Waals surface area (Å²) in [5.74, 6) is -2.55. The van der Waals surface area contributed by atoms with Crippen LogP contribution in [0.5, 0.6) is 5.75 Å². The standard InChI is InChI=1S/C28H34F3N3O4/c1-38-20-2-3-23-21(14-20)26(18(16-35)15-33-23)25(37)4-5-28(17-36)6-9-34(10-7-28)11-8-32-24-13-19(29)12-22(30)27(24)31/h2-3,12-15,25,32,35-37H,4-11,16-17H2,1H3. The summed E-state index contributed by atoms with van der Waals surface area (Å²) >= 11 is 0. The average Bonchev–Trinajstić information content (AvgIpc) is 2.94. The number of benzene rings is 2. The van der Waals surface area contributed by atoms with Crippen molar-refractivity contribution in [2.45, 2.75) is 38.4 Å². The molecule has 0 saturated carbocycles. The number of halogens is 3. The number of aliphatic hydroxyl groups is 3. The Morgan fingerprint density at radius 3 is 2.58 bits per heavy atom. The molecule has 0 radical (unpaired) electrons. The van der Waals surface area contributed by atoms with Crippen LogP contribution in [0.1, 0.15) is 42.9 Å². The molecule has 7 nitrogen and oxygen atoms in total. The van der Waals surface area contributed by atoms with Crippen molar-refractivity contribution in [1.82, 2.24) is 9.88 Å². The van der Waals surface area contributed by atoms with E-state index in [2.05, 4.69) is 15.2 Å². The first-order valence-electron chi connectivity index (χ1n) is 12.8. The molecule has 10 heteroatoms. The predicted octanol–water partition coefficient (Wildman–Crippen LogP) is 4.15. The zero-order valence-corrected chi connectivity index (χ0v) is 21.4. The molecule has 3 aromatic rings. The van der Waals surface area contributed by atoms with Crippen molar-refractivity contribution in [3.8, 4) is 5.75 Å². The monoisotopic (exact) mass is 533 g/mol. The molecule has 0 bridgehead atoms. The van der Waals surface area contributed by atoms with Gasteiger partial charge in [-0.2, -0.15) is 0 Å². The molecular weight excluding hydrogens is 499 g/mol. The van der Waals surface area contributed by atoms with E-state index < -0.39 is 23.6 Å². The average molecular weight is 534 g/mol. The minimum atomic E-state index is -1.23. The summed E-state index contributed by atoms with van der Waals surface area (Å²) in [6.45, 7) is 1.97. The Bertz CT molecular complexity index is 1250. The molecule has 4 N–H and O–H groups in total. The van der Waals surface area contributed by atoms with Crippen molar-refractivity contribution in [3.05, 3.63) is 65.1 Å². The van der Waals surface area contributed by atoms with Gasteiger partial charge in [0.25, 0.3) is 0 Å². The number of likely N-dealkylation sites (tertiary alicyclic amines) is 1. The van der Waals surface area contributed by atoms with Crippen molar-refractivity contribution in [2.75, 3.05) is 45.2 Å². The number of piperidine rings is 1. The van der Waals surface area contributed by atoms with Crippen LogP contribution >= 0.6 is 0 Å². The van der Waals surface area contributed by atoms with E-state index in [9.17, 15) is 28.5 Å². The Kier molecular flexibility index (Phi) is 9.09. The molecular formula is C28H34F3N3O4. The summed E-state index contributed by atoms with van der Waals surface area (Å²) in [6.07, 6.45) is 3.11. The van der Waals surface area contributed by atoms with Gasteiger partial charge in [0.15, 0.2) is 11.6 Å². The number of ether oxygens (including phenoxy) is 1. The molecule has 0 amide bonds. The van der Waals surface area contributed by atoms with Crippen molar-refractivity contribution in [2.24, 2.45) is 5.41 Å². The first kappa shape index (κ1) is 28.1. The second kappa shape index (κ2) is 12.3. The Hall–Kier alpha value is -2.92. The minimum Gasteiger partial charge on any atom is -0.497 e. The summed E-state index contributed by atoms with van der Waals surface area (Å²) in [4.78, 5) is 6.53. The maximum atomic E-state index is 13.8. The highest BCUT2D eigenvalue weighted by atomic mass is 19.2. The molecule has 1 fully saturated rings. The highest BCUT2D eigenvalue weighted by Crippen LogP contribution is 2.39. The molecule has 1 atom stereocenters. The molecule has 1 aliphatic rings. The lowest BCUT2D eigenvalue weighted by molar-refractivity contribution is 0.0246. The number of pyridine rings is 1. The molecule has 1 saturated heterocycles. The van der Waals surface area contributed by atoms with Crippen LogP contribution in [-0.4, -0.2) is 65.1 Å². The summed E-state index contributed by atoms with van der Waals surface area (Å²) in [7, 11) is 1.56. The number of hydrogen-bond donors (Lipinski definition) is 4. The van der Waals surface area contributed by atoms with Gasteiger partial charge < -0.3 is 30.3 Å². The van der Waals surface area contributed by atoms with Gasteiger partial charge >= 0.3 is 0 Å². The summed E-state index contributed by atoms with van der Waals surface area (Å²) in [6, 6.07) is 6.85. The normalized spacial score (nSPS) is 16.5. The van der Waals surface area contributed by atoms with Crippen molar-refractivity contribution in [3.63, 3.8) is 0 Å². The lowest BCUT2D eigenvalue weighted by Gasteiger charge is -2.41. The van der Waals surface area contributed by atoms with Crippen LogP contribution in [0, 0.1) is 22.9 Å². The third-order valence-electron chi connectivity index (χ3n) is 7.64. The number of nitrogens with zero attached hydrogens (tertiary/aromatic N) is 2. The fourth-order valence-electron chi connectivity index (χ4n) is 5.24. The molecule has 4 rings (SSSR count). The molecule has 38 heavy (non-hydrogen) atoms. The van der Waals surface area contributed by atoms with E-state index in [1.54, 1.807) is 25.4 Å². The van der Waals surface area contributed by atoms with E-state index in [4.69, 9.17) is 4.74 Å². The van der Waals surface area contributed by atoms with Gasteiger partial charge in [-0.15, -0.1) is 0 Å². The van der Waals surface area contributed by atoms with Crippen LogP contribution in [0.3, 0.4) is 0 Å². The van der Waals surface area contributed by atoms with E-state index in [1.807, 2.05) is 6.07 Å². The largest absolute Gasteiger partial charge is 0.497 e. The Labute approximate surface area is 219 Å². The Morgan fingerprint density at radius 2 is 1.89 bits per heavy atom. The highest BCUT2D eigenvalue weighted by molar-refractivity contribution is 5.85. The first-order valence-corrected chi connectivity index (χ1v) is 12.8. The van der Waals surface area contributed by atoms with Gasteiger partial charge in [-0.1, -0.05) is 0 Å². The maximum Gasteiger partial charge on any atom is 0.182 e. The molecule has 1 unspecified atom stereocenters. The SMILES string of the molecule is COc1ccc2ncc(CO)c(C(O)CCC3(CO)CCN(CCNc4cc(F)cc(F)c4F)CC3)c2c1. The van der Waals surface area contributed by atoms with Gasteiger partial charge in [-0.3, -0.25) is 4.98 Å². The number of methoxy groups -OCH3 is 1. The first-order chi connectivity index (χ1) is 18.3. The van der Waals surface area contributed by atoms with Crippen LogP contribution in [0.4, 0.5) is 18.9 Å². The molecule has 206 valence electrons. The summed E-state index contributed by atoms with van der Waals surface area (Å²) < 4.78 is 46.0. The topological polar surface area (TPSA) is 98.1 Å².